The lowest BCUT2D eigenvalue weighted by molar-refractivity contribution is -0.0192. The van der Waals surface area contributed by atoms with Crippen molar-refractivity contribution in [3.8, 4) is 0 Å². The van der Waals surface area contributed by atoms with Crippen molar-refractivity contribution in [1.82, 2.24) is 9.80 Å². The number of piperidine rings is 2. The third-order valence-electron chi connectivity index (χ3n) is 11.0. The van der Waals surface area contributed by atoms with Gasteiger partial charge in [-0.2, -0.15) is 0 Å². The fourth-order valence-corrected chi connectivity index (χ4v) is 8.75. The molecular weight excluding hydrogens is 580 g/mol. The highest BCUT2D eigenvalue weighted by Gasteiger charge is 2.40. The largest absolute Gasteiger partial charge is 0.393 e. The lowest BCUT2D eigenvalue weighted by atomic mass is 9.78. The third-order valence-corrected chi connectivity index (χ3v) is 11.0. The fourth-order valence-electron chi connectivity index (χ4n) is 8.75. The van der Waals surface area contributed by atoms with Crippen LogP contribution in [0.4, 0.5) is 0 Å². The van der Waals surface area contributed by atoms with Gasteiger partial charge in [-0.3, -0.25) is 9.80 Å². The summed E-state index contributed by atoms with van der Waals surface area (Å²) in [7, 11) is 0. The summed E-state index contributed by atoms with van der Waals surface area (Å²) in [4.78, 5) is 5.00. The number of aliphatic hydroxyl groups is 6. The van der Waals surface area contributed by atoms with Crippen molar-refractivity contribution < 1.29 is 30.6 Å². The number of fused-ring (bicyclic) bond motifs is 6. The second-order valence-corrected chi connectivity index (χ2v) is 15.2. The topological polar surface area (TPSA) is 128 Å². The van der Waals surface area contributed by atoms with E-state index in [0.717, 1.165) is 87.0 Å². The lowest BCUT2D eigenvalue weighted by Crippen LogP contribution is -2.48. The predicted molar refractivity (Wildman–Crippen MR) is 180 cm³/mol. The van der Waals surface area contributed by atoms with E-state index in [1.165, 1.54) is 22.3 Å². The van der Waals surface area contributed by atoms with E-state index in [0.29, 0.717) is 23.7 Å². The Labute approximate surface area is 275 Å². The second kappa shape index (κ2) is 15.6. The minimum Gasteiger partial charge on any atom is -0.393 e. The van der Waals surface area contributed by atoms with Crippen molar-refractivity contribution in [2.24, 2.45) is 23.7 Å². The summed E-state index contributed by atoms with van der Waals surface area (Å²) < 4.78 is 0. The number of hydrogen-bond donors (Lipinski definition) is 6. The van der Waals surface area contributed by atoms with Crippen LogP contribution in [-0.4, -0.2) is 78.8 Å². The molecule has 2 saturated heterocycles. The molecule has 6 N–H and O–H groups in total. The summed E-state index contributed by atoms with van der Waals surface area (Å²) in [5.41, 5.74) is 8.28. The van der Waals surface area contributed by atoms with Crippen LogP contribution in [0.25, 0.3) is 0 Å². The number of benzene rings is 2. The van der Waals surface area contributed by atoms with E-state index >= 15 is 0 Å². The Morgan fingerprint density at radius 2 is 0.935 bits per heavy atom. The fraction of sp³-hybridized carbons (Fsp3) is 0.684. The van der Waals surface area contributed by atoms with Crippen LogP contribution >= 0.6 is 0 Å². The van der Waals surface area contributed by atoms with E-state index in [4.69, 9.17) is 0 Å². The van der Waals surface area contributed by atoms with Gasteiger partial charge in [0.1, 0.15) is 0 Å². The minimum absolute atomic E-state index is 0.0311. The van der Waals surface area contributed by atoms with Gasteiger partial charge in [-0.1, -0.05) is 52.0 Å². The third kappa shape index (κ3) is 7.71. The van der Waals surface area contributed by atoms with Crippen molar-refractivity contribution >= 4 is 0 Å². The molecule has 0 aliphatic carbocycles. The van der Waals surface area contributed by atoms with Gasteiger partial charge in [0, 0.05) is 38.3 Å². The Balaban J connectivity index is 0.000000181. The zero-order valence-electron chi connectivity index (χ0n) is 28.4. The highest BCUT2D eigenvalue weighted by molar-refractivity contribution is 5.43. The minimum atomic E-state index is -0.250. The Morgan fingerprint density at radius 3 is 1.26 bits per heavy atom. The SMILES string of the molecule is CC(C)C[C@@H]1CN2CCc3cc(CO)c(CO)cc3[C@H]2C[C@H]1O.CC(C)C[C@H]1CN2CCc3cc(CO)c(CO)cc3[C@H]2C[C@H]1O. The molecule has 2 aromatic rings. The molecule has 0 saturated carbocycles. The van der Waals surface area contributed by atoms with E-state index in [2.05, 4.69) is 37.5 Å². The zero-order valence-corrected chi connectivity index (χ0v) is 28.4. The monoisotopic (exact) mass is 638 g/mol. The molecule has 6 atom stereocenters. The number of hydrogen-bond acceptors (Lipinski definition) is 8. The molecule has 0 radical (unpaired) electrons. The van der Waals surface area contributed by atoms with Crippen LogP contribution in [0.3, 0.4) is 0 Å². The summed E-state index contributed by atoms with van der Waals surface area (Å²) in [6, 6.07) is 8.68. The molecule has 0 bridgehead atoms. The highest BCUT2D eigenvalue weighted by Crippen LogP contribution is 2.42. The first kappa shape index (κ1) is 35.4. The quantitative estimate of drug-likeness (QED) is 0.256. The smallest absolute Gasteiger partial charge is 0.0685 e. The number of aliphatic hydroxyl groups excluding tert-OH is 6. The van der Waals surface area contributed by atoms with E-state index in [1.54, 1.807) is 0 Å². The first-order chi connectivity index (χ1) is 22.1. The summed E-state index contributed by atoms with van der Waals surface area (Å²) in [6.45, 7) is 12.7. The molecule has 2 fully saturated rings. The van der Waals surface area contributed by atoms with Crippen LogP contribution in [0, 0.1) is 23.7 Å². The molecule has 4 heterocycles. The summed E-state index contributed by atoms with van der Waals surface area (Å²) >= 11 is 0. The molecule has 0 spiro atoms. The second-order valence-electron chi connectivity index (χ2n) is 15.2. The molecule has 2 aromatic carbocycles. The standard InChI is InChI=1S/2C19H29NO3/c2*1-12(2)5-14-9-20-4-3-13-6-15(10-21)16(11-22)7-17(13)18(20)8-19(14)23/h2*6-7,12,14,18-19,21-23H,3-5,8-11H2,1-2H3/t14-,18+,19+;14-,18-,19-/m01/s1. The molecule has 0 unspecified atom stereocenters. The van der Waals surface area contributed by atoms with Gasteiger partial charge in [-0.05, 0) is 107 Å². The predicted octanol–water partition coefficient (Wildman–Crippen LogP) is 3.99. The van der Waals surface area contributed by atoms with Crippen LogP contribution in [0.15, 0.2) is 24.3 Å². The Bertz CT molecular complexity index is 1220. The van der Waals surface area contributed by atoms with Gasteiger partial charge in [0.25, 0.3) is 0 Å². The normalized spacial score (nSPS) is 27.8. The van der Waals surface area contributed by atoms with Gasteiger partial charge in [-0.15, -0.1) is 0 Å². The maximum atomic E-state index is 10.6. The van der Waals surface area contributed by atoms with Gasteiger partial charge in [0.05, 0.1) is 38.6 Å². The van der Waals surface area contributed by atoms with E-state index in [9.17, 15) is 30.6 Å². The summed E-state index contributed by atoms with van der Waals surface area (Å²) in [6.07, 6.45) is 5.15. The van der Waals surface area contributed by atoms with Crippen molar-refractivity contribution in [1.29, 1.82) is 0 Å². The summed E-state index contributed by atoms with van der Waals surface area (Å²) in [5, 5.41) is 59.3. The first-order valence-electron chi connectivity index (χ1n) is 17.6. The lowest BCUT2D eigenvalue weighted by Gasteiger charge is -2.46. The van der Waals surface area contributed by atoms with Crippen molar-refractivity contribution in [3.63, 3.8) is 0 Å². The van der Waals surface area contributed by atoms with Crippen LogP contribution in [0.1, 0.15) is 110 Å². The molecule has 6 rings (SSSR count). The van der Waals surface area contributed by atoms with Gasteiger partial charge in [0.15, 0.2) is 0 Å². The highest BCUT2D eigenvalue weighted by atomic mass is 16.3. The summed E-state index contributed by atoms with van der Waals surface area (Å²) in [5.74, 6) is 1.94. The molecule has 256 valence electrons. The molecule has 4 aliphatic heterocycles. The molecule has 4 aliphatic rings. The zero-order chi connectivity index (χ0) is 33.1. The Hall–Kier alpha value is -1.88. The molecular formula is C38H58N2O6. The first-order valence-corrected chi connectivity index (χ1v) is 17.6. The number of nitrogens with zero attached hydrogens (tertiary/aromatic N) is 2. The van der Waals surface area contributed by atoms with Crippen molar-refractivity contribution in [2.45, 2.75) is 117 Å². The Morgan fingerprint density at radius 1 is 0.587 bits per heavy atom. The van der Waals surface area contributed by atoms with Crippen molar-refractivity contribution in [2.75, 3.05) is 26.2 Å². The van der Waals surface area contributed by atoms with Crippen LogP contribution < -0.4 is 0 Å². The van der Waals surface area contributed by atoms with Crippen LogP contribution in [0.2, 0.25) is 0 Å². The molecule has 0 aromatic heterocycles. The number of rotatable bonds is 8. The average molecular weight is 639 g/mol. The van der Waals surface area contributed by atoms with Gasteiger partial charge in [-0.25, -0.2) is 0 Å². The van der Waals surface area contributed by atoms with Crippen LogP contribution in [0.5, 0.6) is 0 Å². The van der Waals surface area contributed by atoms with E-state index < -0.39 is 0 Å². The maximum absolute atomic E-state index is 10.6. The molecule has 8 nitrogen and oxygen atoms in total. The van der Waals surface area contributed by atoms with Gasteiger partial charge >= 0.3 is 0 Å². The van der Waals surface area contributed by atoms with Gasteiger partial charge < -0.3 is 30.6 Å². The maximum Gasteiger partial charge on any atom is 0.0685 e. The van der Waals surface area contributed by atoms with E-state index in [-0.39, 0.29) is 50.7 Å². The molecule has 0 amide bonds. The average Bonchev–Trinajstić information content (AvgIpc) is 3.04. The van der Waals surface area contributed by atoms with Gasteiger partial charge in [0.2, 0.25) is 0 Å². The Kier molecular flexibility index (Phi) is 12.0. The van der Waals surface area contributed by atoms with E-state index in [1.807, 2.05) is 24.3 Å². The van der Waals surface area contributed by atoms with Crippen molar-refractivity contribution in [3.05, 3.63) is 68.8 Å². The molecule has 8 heteroatoms. The van der Waals surface area contributed by atoms with Crippen LogP contribution in [-0.2, 0) is 39.3 Å². The molecule has 46 heavy (non-hydrogen) atoms.